The Kier molecular flexibility index (Phi) is 6.82. The minimum Gasteiger partial charge on any atom is -0.325 e. The molecule has 3 aromatic heterocycles. The van der Waals surface area contributed by atoms with E-state index >= 15 is 0 Å². The van der Waals surface area contributed by atoms with Crippen LogP contribution in [0.5, 0.6) is 0 Å². The first-order chi connectivity index (χ1) is 13.0. The van der Waals surface area contributed by atoms with Crippen molar-refractivity contribution in [3.63, 3.8) is 0 Å². The number of aromatic nitrogens is 3. The van der Waals surface area contributed by atoms with Gasteiger partial charge in [-0.3, -0.25) is 0 Å². The summed E-state index contributed by atoms with van der Waals surface area (Å²) in [6.45, 7) is 7.36. The molecule has 5 nitrogen and oxygen atoms in total. The standard InChI is InChI=1S/C15H14F3N3O2S3.C2H6/c1-4-26(22,23)11-5-8(2)24-13(11)14-20-9-6-12(25-15(16,17)18)19-7-10(9)21(14)3;1-2/h5-7H,4H2,1-3H3;1-2H3. The number of rotatable bonds is 4. The Hall–Kier alpha value is -1.59. The van der Waals surface area contributed by atoms with Gasteiger partial charge in [-0.25, -0.2) is 18.4 Å². The van der Waals surface area contributed by atoms with Gasteiger partial charge in [0, 0.05) is 23.7 Å². The van der Waals surface area contributed by atoms with Gasteiger partial charge in [0.1, 0.15) is 5.03 Å². The summed E-state index contributed by atoms with van der Waals surface area (Å²) in [5, 5.41) is -0.210. The maximum atomic E-state index is 12.5. The number of hydrogen-bond acceptors (Lipinski definition) is 6. The summed E-state index contributed by atoms with van der Waals surface area (Å²) in [5.74, 6) is 0.342. The van der Waals surface area contributed by atoms with E-state index in [0.717, 1.165) is 4.88 Å². The molecular weight excluding hydrogens is 431 g/mol. The zero-order chi connectivity index (χ0) is 21.3. The van der Waals surface area contributed by atoms with Crippen molar-refractivity contribution in [2.45, 2.75) is 43.1 Å². The summed E-state index contributed by atoms with van der Waals surface area (Å²) in [4.78, 5) is 9.69. The highest BCUT2D eigenvalue weighted by molar-refractivity contribution is 8.00. The minimum atomic E-state index is -4.44. The van der Waals surface area contributed by atoms with Crippen LogP contribution in [0, 0.1) is 6.92 Å². The fourth-order valence-electron chi connectivity index (χ4n) is 2.48. The van der Waals surface area contributed by atoms with Crippen molar-refractivity contribution >= 4 is 44.0 Å². The molecule has 0 unspecified atom stereocenters. The van der Waals surface area contributed by atoms with Crippen molar-refractivity contribution in [3.8, 4) is 10.7 Å². The predicted molar refractivity (Wildman–Crippen MR) is 108 cm³/mol. The van der Waals surface area contributed by atoms with Crippen LogP contribution in [0.4, 0.5) is 13.2 Å². The molecule has 11 heteroatoms. The highest BCUT2D eigenvalue weighted by Crippen LogP contribution is 2.39. The summed E-state index contributed by atoms with van der Waals surface area (Å²) in [6.07, 6.45) is 1.31. The number of nitrogens with zero attached hydrogens (tertiary/aromatic N) is 3. The molecule has 0 aliphatic heterocycles. The quantitative estimate of drug-likeness (QED) is 0.495. The molecule has 0 amide bonds. The molecule has 3 aromatic rings. The summed E-state index contributed by atoms with van der Waals surface area (Å²) in [7, 11) is -1.77. The third kappa shape index (κ3) is 4.69. The molecule has 0 saturated carbocycles. The number of imidazole rings is 1. The lowest BCUT2D eigenvalue weighted by Crippen LogP contribution is -2.04. The summed E-state index contributed by atoms with van der Waals surface area (Å²) < 4.78 is 64.0. The predicted octanol–water partition coefficient (Wildman–Crippen LogP) is 5.44. The Labute approximate surface area is 169 Å². The van der Waals surface area contributed by atoms with Gasteiger partial charge < -0.3 is 4.57 Å². The molecular formula is C17H20F3N3O2S3. The lowest BCUT2D eigenvalue weighted by molar-refractivity contribution is -0.0329. The second-order valence-electron chi connectivity index (χ2n) is 5.51. The molecule has 0 aromatic carbocycles. The van der Waals surface area contributed by atoms with Gasteiger partial charge in [-0.05, 0) is 19.1 Å². The topological polar surface area (TPSA) is 64.8 Å². The van der Waals surface area contributed by atoms with Crippen molar-refractivity contribution in [1.82, 2.24) is 14.5 Å². The van der Waals surface area contributed by atoms with E-state index < -0.39 is 15.3 Å². The summed E-state index contributed by atoms with van der Waals surface area (Å²) in [5.41, 5.74) is -3.58. The lowest BCUT2D eigenvalue weighted by atomic mass is 10.4. The van der Waals surface area contributed by atoms with E-state index in [9.17, 15) is 21.6 Å². The van der Waals surface area contributed by atoms with Gasteiger partial charge in [-0.15, -0.1) is 11.3 Å². The fraction of sp³-hybridized carbons (Fsp3) is 0.412. The molecule has 0 saturated heterocycles. The van der Waals surface area contributed by atoms with Crippen molar-refractivity contribution < 1.29 is 21.6 Å². The Morgan fingerprint density at radius 3 is 2.46 bits per heavy atom. The number of thioether (sulfide) groups is 1. The average Bonchev–Trinajstić information content (AvgIpc) is 3.16. The maximum Gasteiger partial charge on any atom is 0.447 e. The molecule has 0 aliphatic carbocycles. The largest absolute Gasteiger partial charge is 0.447 e. The van der Waals surface area contributed by atoms with Crippen molar-refractivity contribution in [3.05, 3.63) is 23.2 Å². The van der Waals surface area contributed by atoms with Crippen LogP contribution in [0.15, 0.2) is 28.3 Å². The Bertz CT molecular complexity index is 1090. The Morgan fingerprint density at radius 1 is 1.25 bits per heavy atom. The molecule has 3 heterocycles. The van der Waals surface area contributed by atoms with Crippen LogP contribution in [0.2, 0.25) is 0 Å². The molecule has 3 rings (SSSR count). The Morgan fingerprint density at radius 2 is 1.89 bits per heavy atom. The third-order valence-electron chi connectivity index (χ3n) is 3.70. The number of alkyl halides is 3. The van der Waals surface area contributed by atoms with Crippen LogP contribution >= 0.6 is 23.1 Å². The van der Waals surface area contributed by atoms with Gasteiger partial charge in [0.25, 0.3) is 0 Å². The maximum absolute atomic E-state index is 12.5. The molecule has 0 radical (unpaired) electrons. The number of sulfone groups is 1. The first-order valence-corrected chi connectivity index (χ1v) is 11.7. The van der Waals surface area contributed by atoms with Gasteiger partial charge in [0.2, 0.25) is 0 Å². The van der Waals surface area contributed by atoms with E-state index in [1.54, 1.807) is 31.5 Å². The smallest absolute Gasteiger partial charge is 0.325 e. The summed E-state index contributed by atoms with van der Waals surface area (Å²) >= 11 is 0.973. The summed E-state index contributed by atoms with van der Waals surface area (Å²) in [6, 6.07) is 2.85. The highest BCUT2D eigenvalue weighted by Gasteiger charge is 2.30. The highest BCUT2D eigenvalue weighted by atomic mass is 32.2. The molecule has 154 valence electrons. The normalized spacial score (nSPS) is 12.1. The average molecular weight is 452 g/mol. The second-order valence-corrected chi connectivity index (χ2v) is 10.1. The van der Waals surface area contributed by atoms with E-state index in [0.29, 0.717) is 21.7 Å². The van der Waals surface area contributed by atoms with Crippen LogP contribution in [0.1, 0.15) is 25.6 Å². The van der Waals surface area contributed by atoms with E-state index in [1.165, 1.54) is 23.6 Å². The molecule has 0 fully saturated rings. The van der Waals surface area contributed by atoms with Gasteiger partial charge in [0.15, 0.2) is 15.7 Å². The molecule has 28 heavy (non-hydrogen) atoms. The fourth-order valence-corrected chi connectivity index (χ4v) is 5.55. The first kappa shape index (κ1) is 22.7. The van der Waals surface area contributed by atoms with Gasteiger partial charge in [0.05, 0.1) is 32.8 Å². The van der Waals surface area contributed by atoms with Crippen LogP contribution in [0.3, 0.4) is 0 Å². The van der Waals surface area contributed by atoms with Crippen LogP contribution in [-0.4, -0.2) is 34.2 Å². The van der Waals surface area contributed by atoms with Gasteiger partial charge in [-0.2, -0.15) is 13.2 Å². The van der Waals surface area contributed by atoms with Crippen LogP contribution < -0.4 is 0 Å². The van der Waals surface area contributed by atoms with Crippen molar-refractivity contribution in [2.75, 3.05) is 5.75 Å². The van der Waals surface area contributed by atoms with Gasteiger partial charge in [-0.1, -0.05) is 20.8 Å². The number of halogens is 3. The van der Waals surface area contributed by atoms with Gasteiger partial charge >= 0.3 is 5.51 Å². The molecule has 0 atom stereocenters. The number of pyridine rings is 1. The zero-order valence-electron chi connectivity index (χ0n) is 16.0. The first-order valence-electron chi connectivity index (χ1n) is 8.43. The van der Waals surface area contributed by atoms with Crippen LogP contribution in [0.25, 0.3) is 21.7 Å². The second kappa shape index (κ2) is 8.42. The van der Waals surface area contributed by atoms with Crippen LogP contribution in [-0.2, 0) is 16.9 Å². The van der Waals surface area contributed by atoms with E-state index in [-0.39, 0.29) is 27.4 Å². The van der Waals surface area contributed by atoms with Crippen molar-refractivity contribution in [1.29, 1.82) is 0 Å². The van der Waals surface area contributed by atoms with E-state index in [1.807, 2.05) is 13.8 Å². The lowest BCUT2D eigenvalue weighted by Gasteiger charge is -2.05. The number of fused-ring (bicyclic) bond motifs is 1. The van der Waals surface area contributed by atoms with Crippen molar-refractivity contribution in [2.24, 2.45) is 7.05 Å². The number of thiophene rings is 1. The number of aryl methyl sites for hydroxylation is 2. The van der Waals surface area contributed by atoms with E-state index in [2.05, 4.69) is 9.97 Å². The van der Waals surface area contributed by atoms with E-state index in [4.69, 9.17) is 0 Å². The molecule has 0 N–H and O–H groups in total. The zero-order valence-corrected chi connectivity index (χ0v) is 18.4. The number of hydrogen-bond donors (Lipinski definition) is 0. The molecule has 0 aliphatic rings. The minimum absolute atomic E-state index is 0.0476. The Balaban J connectivity index is 0.00000136. The SMILES string of the molecule is CC.CCS(=O)(=O)c1cc(C)sc1-c1nc2cc(SC(F)(F)F)ncc2n1C. The molecule has 0 bridgehead atoms. The molecule has 0 spiro atoms. The monoisotopic (exact) mass is 451 g/mol. The third-order valence-corrected chi connectivity index (χ3v) is 7.29.